The van der Waals surface area contributed by atoms with E-state index in [1.54, 1.807) is 19.4 Å². The van der Waals surface area contributed by atoms with Crippen molar-refractivity contribution in [3.63, 3.8) is 0 Å². The normalized spacial score (nSPS) is 16.7. The summed E-state index contributed by atoms with van der Waals surface area (Å²) in [7, 11) is 1.61. The summed E-state index contributed by atoms with van der Waals surface area (Å²) in [6.45, 7) is 1.26. The Morgan fingerprint density at radius 2 is 2.16 bits per heavy atom. The van der Waals surface area contributed by atoms with Crippen LogP contribution in [0.25, 0.3) is 0 Å². The highest BCUT2D eigenvalue weighted by Gasteiger charge is 2.31. The van der Waals surface area contributed by atoms with Crippen LogP contribution in [0.2, 0.25) is 0 Å². The standard InChI is InChI=1S/C19H23N3O3/c1-20-18(23)15-6-2-5-14(13-15)9-10-21-19(24)22-11-3-7-16(22)17-8-4-12-25-17/h2,4-6,8,12-13,16H,3,7,9-11H2,1H3,(H,20,23)(H,21,24)/t16-/m0/s1. The molecule has 132 valence electrons. The smallest absolute Gasteiger partial charge is 0.318 e. The molecule has 1 fully saturated rings. The highest BCUT2D eigenvalue weighted by molar-refractivity contribution is 5.94. The third-order valence-electron chi connectivity index (χ3n) is 4.49. The highest BCUT2D eigenvalue weighted by atomic mass is 16.3. The molecule has 1 aliphatic heterocycles. The number of nitrogens with one attached hydrogen (secondary N) is 2. The van der Waals surface area contributed by atoms with Crippen molar-refractivity contribution in [3.05, 3.63) is 59.5 Å². The predicted octanol–water partition coefficient (Wildman–Crippen LogP) is 2.73. The first-order valence-electron chi connectivity index (χ1n) is 8.58. The number of carbonyl (C=O) groups is 2. The van der Waals surface area contributed by atoms with Gasteiger partial charge >= 0.3 is 6.03 Å². The summed E-state index contributed by atoms with van der Waals surface area (Å²) in [5.41, 5.74) is 1.65. The van der Waals surface area contributed by atoms with Gasteiger partial charge < -0.3 is 20.0 Å². The Kier molecular flexibility index (Phi) is 5.38. The van der Waals surface area contributed by atoms with E-state index in [1.807, 2.05) is 35.2 Å². The van der Waals surface area contributed by atoms with Crippen molar-refractivity contribution >= 4 is 11.9 Å². The van der Waals surface area contributed by atoms with Crippen molar-refractivity contribution in [1.82, 2.24) is 15.5 Å². The van der Waals surface area contributed by atoms with E-state index in [2.05, 4.69) is 10.6 Å². The van der Waals surface area contributed by atoms with Crippen molar-refractivity contribution in [3.8, 4) is 0 Å². The molecule has 0 unspecified atom stereocenters. The Morgan fingerprint density at radius 1 is 1.28 bits per heavy atom. The quantitative estimate of drug-likeness (QED) is 0.878. The molecule has 1 aliphatic rings. The van der Waals surface area contributed by atoms with Crippen LogP contribution in [-0.2, 0) is 6.42 Å². The number of nitrogens with zero attached hydrogens (tertiary/aromatic N) is 1. The minimum atomic E-state index is -0.107. The second kappa shape index (κ2) is 7.88. The van der Waals surface area contributed by atoms with Gasteiger partial charge in [0.25, 0.3) is 5.91 Å². The Hall–Kier alpha value is -2.76. The number of hydrogen-bond donors (Lipinski definition) is 2. The Balaban J connectivity index is 1.53. The fraction of sp³-hybridized carbons (Fsp3) is 0.368. The fourth-order valence-electron chi connectivity index (χ4n) is 3.21. The number of benzene rings is 1. The SMILES string of the molecule is CNC(=O)c1cccc(CCNC(=O)N2CCC[C@H]2c2ccco2)c1. The van der Waals surface area contributed by atoms with E-state index in [4.69, 9.17) is 4.42 Å². The number of urea groups is 1. The van der Waals surface area contributed by atoms with E-state index >= 15 is 0 Å². The number of rotatable bonds is 5. The molecular weight excluding hydrogens is 318 g/mol. The van der Waals surface area contributed by atoms with Crippen LogP contribution in [-0.4, -0.2) is 37.0 Å². The van der Waals surface area contributed by atoms with Gasteiger partial charge in [0.2, 0.25) is 0 Å². The number of hydrogen-bond acceptors (Lipinski definition) is 3. The van der Waals surface area contributed by atoms with Crippen LogP contribution in [0, 0.1) is 0 Å². The lowest BCUT2D eigenvalue weighted by atomic mass is 10.1. The summed E-state index contributed by atoms with van der Waals surface area (Å²) in [4.78, 5) is 26.0. The van der Waals surface area contributed by atoms with Gasteiger partial charge in [0.15, 0.2) is 0 Å². The molecule has 0 radical (unpaired) electrons. The van der Waals surface area contributed by atoms with Gasteiger partial charge in [-0.25, -0.2) is 4.79 Å². The summed E-state index contributed by atoms with van der Waals surface area (Å²) in [5, 5.41) is 5.59. The zero-order valence-electron chi connectivity index (χ0n) is 14.3. The topological polar surface area (TPSA) is 74.6 Å². The summed E-state index contributed by atoms with van der Waals surface area (Å²) in [6, 6.07) is 11.2. The molecule has 3 rings (SSSR count). The van der Waals surface area contributed by atoms with Crippen molar-refractivity contribution in [2.75, 3.05) is 20.1 Å². The first-order chi connectivity index (χ1) is 12.2. The predicted molar refractivity (Wildman–Crippen MR) is 94.3 cm³/mol. The van der Waals surface area contributed by atoms with Crippen molar-refractivity contribution < 1.29 is 14.0 Å². The molecule has 1 atom stereocenters. The van der Waals surface area contributed by atoms with Crippen LogP contribution in [0.4, 0.5) is 4.79 Å². The number of furan rings is 1. The lowest BCUT2D eigenvalue weighted by Gasteiger charge is -2.23. The molecule has 0 bridgehead atoms. The summed E-state index contributed by atoms with van der Waals surface area (Å²) in [5.74, 6) is 0.732. The van der Waals surface area contributed by atoms with E-state index in [1.165, 1.54) is 0 Å². The zero-order valence-corrected chi connectivity index (χ0v) is 14.3. The average molecular weight is 341 g/mol. The zero-order chi connectivity index (χ0) is 17.6. The van der Waals surface area contributed by atoms with Gasteiger partial charge in [-0.2, -0.15) is 0 Å². The largest absolute Gasteiger partial charge is 0.467 e. The molecule has 1 aromatic heterocycles. The van der Waals surface area contributed by atoms with E-state index in [0.29, 0.717) is 18.5 Å². The van der Waals surface area contributed by atoms with Crippen molar-refractivity contribution in [2.24, 2.45) is 0 Å². The molecule has 0 spiro atoms. The van der Waals surface area contributed by atoms with Crippen LogP contribution >= 0.6 is 0 Å². The van der Waals surface area contributed by atoms with Gasteiger partial charge in [-0.3, -0.25) is 4.79 Å². The summed E-state index contributed by atoms with van der Waals surface area (Å²) < 4.78 is 5.46. The molecule has 6 heteroatoms. The molecule has 6 nitrogen and oxygen atoms in total. The second-order valence-corrected chi connectivity index (χ2v) is 6.13. The summed E-state index contributed by atoms with van der Waals surface area (Å²) >= 11 is 0. The first-order valence-corrected chi connectivity index (χ1v) is 8.58. The fourth-order valence-corrected chi connectivity index (χ4v) is 3.21. The van der Waals surface area contributed by atoms with Crippen LogP contribution in [0.3, 0.4) is 0 Å². The monoisotopic (exact) mass is 341 g/mol. The Bertz CT molecular complexity index is 727. The Labute approximate surface area is 147 Å². The average Bonchev–Trinajstić information content (AvgIpc) is 3.32. The Morgan fingerprint density at radius 3 is 2.92 bits per heavy atom. The maximum Gasteiger partial charge on any atom is 0.318 e. The maximum absolute atomic E-state index is 12.5. The van der Waals surface area contributed by atoms with Crippen LogP contribution < -0.4 is 10.6 Å². The first kappa shape index (κ1) is 17.1. The van der Waals surface area contributed by atoms with E-state index in [-0.39, 0.29) is 18.0 Å². The molecule has 2 heterocycles. The van der Waals surface area contributed by atoms with Crippen LogP contribution in [0.15, 0.2) is 47.1 Å². The van der Waals surface area contributed by atoms with Crippen molar-refractivity contribution in [2.45, 2.75) is 25.3 Å². The molecule has 2 N–H and O–H groups in total. The molecule has 1 saturated heterocycles. The molecule has 3 amide bonds. The highest BCUT2D eigenvalue weighted by Crippen LogP contribution is 2.31. The van der Waals surface area contributed by atoms with Gasteiger partial charge in [-0.1, -0.05) is 12.1 Å². The second-order valence-electron chi connectivity index (χ2n) is 6.13. The molecule has 2 aromatic rings. The van der Waals surface area contributed by atoms with Gasteiger partial charge in [0, 0.05) is 25.7 Å². The molecule has 0 saturated carbocycles. The van der Waals surface area contributed by atoms with Gasteiger partial charge in [-0.15, -0.1) is 0 Å². The third-order valence-corrected chi connectivity index (χ3v) is 4.49. The molecule has 0 aliphatic carbocycles. The summed E-state index contributed by atoms with van der Waals surface area (Å²) in [6.07, 6.45) is 4.22. The minimum absolute atomic E-state index is 0.0200. The maximum atomic E-state index is 12.5. The minimum Gasteiger partial charge on any atom is -0.467 e. The van der Waals surface area contributed by atoms with Crippen LogP contribution in [0.1, 0.15) is 40.6 Å². The van der Waals surface area contributed by atoms with Gasteiger partial charge in [0.05, 0.1) is 12.3 Å². The lowest BCUT2D eigenvalue weighted by Crippen LogP contribution is -2.40. The van der Waals surface area contributed by atoms with Gasteiger partial charge in [-0.05, 0) is 49.1 Å². The van der Waals surface area contributed by atoms with Crippen molar-refractivity contribution in [1.29, 1.82) is 0 Å². The third kappa shape index (κ3) is 4.02. The number of amides is 3. The van der Waals surface area contributed by atoms with E-state index in [9.17, 15) is 9.59 Å². The number of likely N-dealkylation sites (tertiary alicyclic amines) is 1. The van der Waals surface area contributed by atoms with Crippen LogP contribution in [0.5, 0.6) is 0 Å². The van der Waals surface area contributed by atoms with Gasteiger partial charge in [0.1, 0.15) is 5.76 Å². The van der Waals surface area contributed by atoms with E-state index < -0.39 is 0 Å². The number of carbonyl (C=O) groups excluding carboxylic acids is 2. The van der Waals surface area contributed by atoms with E-state index in [0.717, 1.165) is 30.7 Å². The molecule has 1 aromatic carbocycles. The molecular formula is C19H23N3O3. The molecule has 25 heavy (non-hydrogen) atoms. The lowest BCUT2D eigenvalue weighted by molar-refractivity contribution is 0.0963.